The molecule has 0 radical (unpaired) electrons. The average molecular weight is 204 g/mol. The quantitative estimate of drug-likeness (QED) is 0.529. The zero-order chi connectivity index (χ0) is 6.69. The normalized spacial score (nSPS) is 9.11. The lowest BCUT2D eigenvalue weighted by molar-refractivity contribution is 1.48. The van der Waals surface area contributed by atoms with Crippen LogP contribution in [0.4, 0.5) is 5.69 Å². The molecule has 0 atom stereocenters. The van der Waals surface area contributed by atoms with Crippen LogP contribution in [0.1, 0.15) is 0 Å². The van der Waals surface area contributed by atoms with Crippen molar-refractivity contribution in [2.45, 2.75) is 4.90 Å². The number of para-hydroxylation sites is 1. The third-order valence-electron chi connectivity index (χ3n) is 1.01. The molecule has 3 heteroatoms. The molecule has 0 heterocycles. The van der Waals surface area contributed by atoms with E-state index in [1.54, 1.807) is 0 Å². The maximum atomic E-state index is 4.19. The van der Waals surface area contributed by atoms with Crippen LogP contribution in [0, 0.1) is 0 Å². The van der Waals surface area contributed by atoms with Crippen LogP contribution < -0.4 is 4.34 Å². The second-order valence-electron chi connectivity index (χ2n) is 1.61. The molecule has 1 aromatic rings. The van der Waals surface area contributed by atoms with Gasteiger partial charge in [-0.05, 0) is 12.1 Å². The largest absolute Gasteiger partial charge is 0.321 e. The van der Waals surface area contributed by atoms with Crippen LogP contribution in [0.3, 0.4) is 0 Å². The van der Waals surface area contributed by atoms with Gasteiger partial charge >= 0.3 is 0 Å². The SMILES string of the molecule is Sc1ccccc1NBr. The monoisotopic (exact) mass is 203 g/mol. The molecule has 0 aliphatic rings. The van der Waals surface area contributed by atoms with Crippen LogP contribution in [-0.4, -0.2) is 0 Å². The molecule has 0 spiro atoms. The number of hydrogen-bond acceptors (Lipinski definition) is 2. The molecule has 0 amide bonds. The van der Waals surface area contributed by atoms with Crippen molar-refractivity contribution in [3.05, 3.63) is 24.3 Å². The number of benzene rings is 1. The van der Waals surface area contributed by atoms with E-state index in [1.165, 1.54) is 0 Å². The summed E-state index contributed by atoms with van der Waals surface area (Å²) in [7, 11) is 0. The van der Waals surface area contributed by atoms with Gasteiger partial charge in [-0.15, -0.1) is 12.6 Å². The summed E-state index contributed by atoms with van der Waals surface area (Å²) in [6, 6.07) is 7.75. The van der Waals surface area contributed by atoms with Crippen molar-refractivity contribution in [1.29, 1.82) is 0 Å². The van der Waals surface area contributed by atoms with E-state index in [0.29, 0.717) is 0 Å². The summed E-state index contributed by atoms with van der Waals surface area (Å²) in [4.78, 5) is 0.939. The molecule has 0 fully saturated rings. The molecule has 0 aliphatic heterocycles. The van der Waals surface area contributed by atoms with E-state index in [0.717, 1.165) is 10.6 Å². The summed E-state index contributed by atoms with van der Waals surface area (Å²) < 4.78 is 2.83. The van der Waals surface area contributed by atoms with Gasteiger partial charge in [-0.3, -0.25) is 0 Å². The maximum absolute atomic E-state index is 4.19. The number of rotatable bonds is 1. The Labute approximate surface area is 68.2 Å². The highest BCUT2D eigenvalue weighted by molar-refractivity contribution is 9.10. The smallest absolute Gasteiger partial charge is 0.0575 e. The van der Waals surface area contributed by atoms with Gasteiger partial charge in [0, 0.05) is 21.0 Å². The first-order chi connectivity index (χ1) is 4.34. The second-order valence-corrected chi connectivity index (χ2v) is 2.49. The molecule has 0 aliphatic carbocycles. The first-order valence-corrected chi connectivity index (χ1v) is 3.73. The van der Waals surface area contributed by atoms with E-state index in [9.17, 15) is 0 Å². The Morgan fingerprint density at radius 2 is 2.00 bits per heavy atom. The summed E-state index contributed by atoms with van der Waals surface area (Å²) in [5.41, 5.74) is 0.987. The van der Waals surface area contributed by atoms with Gasteiger partial charge in [-0.2, -0.15) is 0 Å². The predicted octanol–water partition coefficient (Wildman–Crippen LogP) is 2.70. The number of thiol groups is 1. The van der Waals surface area contributed by atoms with Crippen molar-refractivity contribution < 1.29 is 0 Å². The third-order valence-corrected chi connectivity index (χ3v) is 1.82. The van der Waals surface area contributed by atoms with Gasteiger partial charge in [0.1, 0.15) is 0 Å². The average Bonchev–Trinajstić information content (AvgIpc) is 1.89. The molecule has 9 heavy (non-hydrogen) atoms. The van der Waals surface area contributed by atoms with Gasteiger partial charge in [0.05, 0.1) is 5.69 Å². The van der Waals surface area contributed by atoms with Crippen molar-refractivity contribution in [2.75, 3.05) is 4.34 Å². The van der Waals surface area contributed by atoms with Crippen molar-refractivity contribution in [1.82, 2.24) is 0 Å². The highest BCUT2D eigenvalue weighted by Gasteiger charge is 1.90. The lowest BCUT2D eigenvalue weighted by Gasteiger charge is -1.98. The predicted molar refractivity (Wildman–Crippen MR) is 46.2 cm³/mol. The minimum absolute atomic E-state index is 0.939. The molecule has 0 unspecified atom stereocenters. The molecule has 0 saturated carbocycles. The summed E-state index contributed by atoms with van der Waals surface area (Å²) in [5.74, 6) is 0. The van der Waals surface area contributed by atoms with Gasteiger partial charge in [0.15, 0.2) is 0 Å². The summed E-state index contributed by atoms with van der Waals surface area (Å²) in [6.45, 7) is 0. The topological polar surface area (TPSA) is 12.0 Å². The van der Waals surface area contributed by atoms with Crippen molar-refractivity contribution in [3.8, 4) is 0 Å². The minimum atomic E-state index is 0.939. The zero-order valence-corrected chi connectivity index (χ0v) is 7.12. The molecule has 0 saturated heterocycles. The fraction of sp³-hybridized carbons (Fsp3) is 0. The summed E-state index contributed by atoms with van der Waals surface area (Å²) >= 11 is 7.29. The van der Waals surface area contributed by atoms with Crippen LogP contribution in [0.25, 0.3) is 0 Å². The number of nitrogens with one attached hydrogen (secondary N) is 1. The number of anilines is 1. The van der Waals surface area contributed by atoms with Crippen molar-refractivity contribution in [2.24, 2.45) is 0 Å². The summed E-state index contributed by atoms with van der Waals surface area (Å²) in [6.07, 6.45) is 0. The second kappa shape index (κ2) is 3.13. The Morgan fingerprint density at radius 1 is 1.33 bits per heavy atom. The molecule has 48 valence electrons. The van der Waals surface area contributed by atoms with E-state index in [4.69, 9.17) is 0 Å². The molecular formula is C6H6BrNS. The summed E-state index contributed by atoms with van der Waals surface area (Å²) in [5, 5.41) is 0. The fourth-order valence-electron chi connectivity index (χ4n) is 0.554. The van der Waals surface area contributed by atoms with Crippen LogP contribution in [-0.2, 0) is 0 Å². The molecular weight excluding hydrogens is 198 g/mol. The highest BCUT2D eigenvalue weighted by Crippen LogP contribution is 2.19. The first-order valence-electron chi connectivity index (χ1n) is 2.49. The van der Waals surface area contributed by atoms with Gasteiger partial charge in [-0.1, -0.05) is 12.1 Å². The standard InChI is InChI=1S/C6H6BrNS/c7-8-5-3-1-2-4-6(5)9/h1-4,8-9H. The van der Waals surface area contributed by atoms with E-state index in [1.807, 2.05) is 24.3 Å². The van der Waals surface area contributed by atoms with E-state index < -0.39 is 0 Å². The lowest BCUT2D eigenvalue weighted by Crippen LogP contribution is -1.78. The first kappa shape index (κ1) is 6.96. The lowest BCUT2D eigenvalue weighted by atomic mass is 10.3. The molecule has 0 aromatic heterocycles. The number of halogens is 1. The van der Waals surface area contributed by atoms with Crippen molar-refractivity contribution >= 4 is 34.5 Å². The van der Waals surface area contributed by atoms with Crippen LogP contribution >= 0.6 is 28.8 Å². The molecule has 1 rings (SSSR count). The van der Waals surface area contributed by atoms with Crippen LogP contribution in [0.5, 0.6) is 0 Å². The van der Waals surface area contributed by atoms with E-state index in [-0.39, 0.29) is 0 Å². The van der Waals surface area contributed by atoms with Crippen LogP contribution in [0.2, 0.25) is 0 Å². The molecule has 1 N–H and O–H groups in total. The Hall–Kier alpha value is -0.150. The van der Waals surface area contributed by atoms with E-state index >= 15 is 0 Å². The number of hydrogen-bond donors (Lipinski definition) is 2. The Kier molecular flexibility index (Phi) is 2.42. The zero-order valence-electron chi connectivity index (χ0n) is 4.63. The van der Waals surface area contributed by atoms with Gasteiger partial charge in [0.25, 0.3) is 0 Å². The van der Waals surface area contributed by atoms with Gasteiger partial charge in [-0.25, -0.2) is 0 Å². The highest BCUT2D eigenvalue weighted by atomic mass is 79.9. The van der Waals surface area contributed by atoms with Crippen LogP contribution in [0.15, 0.2) is 29.2 Å². The van der Waals surface area contributed by atoms with Gasteiger partial charge < -0.3 is 4.34 Å². The Bertz CT molecular complexity index is 202. The third kappa shape index (κ3) is 1.63. The fourth-order valence-corrected chi connectivity index (χ4v) is 1.27. The molecule has 0 bridgehead atoms. The Balaban J connectivity index is 3.01. The van der Waals surface area contributed by atoms with Crippen molar-refractivity contribution in [3.63, 3.8) is 0 Å². The minimum Gasteiger partial charge on any atom is -0.321 e. The molecule has 1 nitrogen and oxygen atoms in total. The molecule has 1 aromatic carbocycles. The van der Waals surface area contributed by atoms with E-state index in [2.05, 4.69) is 33.1 Å². The van der Waals surface area contributed by atoms with Gasteiger partial charge in [0.2, 0.25) is 0 Å². The Morgan fingerprint density at radius 3 is 2.44 bits per heavy atom. The maximum Gasteiger partial charge on any atom is 0.0575 e.